The van der Waals surface area contributed by atoms with Crippen LogP contribution in [0.3, 0.4) is 0 Å². The van der Waals surface area contributed by atoms with Gasteiger partial charge >= 0.3 is 5.69 Å². The first-order valence-electron chi connectivity index (χ1n) is 11.0. The van der Waals surface area contributed by atoms with E-state index in [1.54, 1.807) is 7.05 Å². The third-order valence-corrected chi connectivity index (χ3v) is 6.35. The van der Waals surface area contributed by atoms with Gasteiger partial charge in [-0.15, -0.1) is 0 Å². The van der Waals surface area contributed by atoms with Gasteiger partial charge in [0, 0.05) is 18.2 Å². The fourth-order valence-electron chi connectivity index (χ4n) is 4.55. The number of benzene rings is 2. The van der Waals surface area contributed by atoms with Gasteiger partial charge in [-0.25, -0.2) is 4.79 Å². The zero-order chi connectivity index (χ0) is 21.4. The SMILES string of the molecule is CC(=NOCc1c(C2CC2)cccc1-n1nnn(C)c1=O)c1cccc2c1CCCC2. The summed E-state index contributed by atoms with van der Waals surface area (Å²) in [4.78, 5) is 18.3. The Balaban J connectivity index is 1.44. The number of hydrogen-bond donors (Lipinski definition) is 0. The van der Waals surface area contributed by atoms with Crippen molar-refractivity contribution in [3.63, 3.8) is 0 Å². The Kier molecular flexibility index (Phi) is 5.18. The van der Waals surface area contributed by atoms with Crippen LogP contribution in [0, 0.1) is 0 Å². The van der Waals surface area contributed by atoms with Gasteiger partial charge in [0.2, 0.25) is 0 Å². The molecule has 1 aromatic heterocycles. The number of rotatable bonds is 6. The largest absolute Gasteiger partial charge is 0.391 e. The Labute approximate surface area is 181 Å². The topological polar surface area (TPSA) is 74.3 Å². The van der Waals surface area contributed by atoms with Crippen LogP contribution in [0.15, 0.2) is 46.3 Å². The first kappa shape index (κ1) is 19.7. The average Bonchev–Trinajstić information content (AvgIpc) is 3.59. The summed E-state index contributed by atoms with van der Waals surface area (Å²) in [6.07, 6.45) is 7.04. The molecular weight excluding hydrogens is 390 g/mol. The fourth-order valence-corrected chi connectivity index (χ4v) is 4.55. The minimum atomic E-state index is -0.273. The van der Waals surface area contributed by atoms with Crippen LogP contribution in [0.5, 0.6) is 0 Å². The molecule has 0 bridgehead atoms. The van der Waals surface area contributed by atoms with E-state index in [0.717, 1.165) is 37.0 Å². The fraction of sp³-hybridized carbons (Fsp3) is 0.417. The molecule has 2 aromatic carbocycles. The Morgan fingerprint density at radius 1 is 1.13 bits per heavy atom. The normalized spacial score (nSPS) is 16.3. The Hall–Kier alpha value is -3.22. The molecule has 7 nitrogen and oxygen atoms in total. The average molecular weight is 418 g/mol. The summed E-state index contributed by atoms with van der Waals surface area (Å²) < 4.78 is 2.57. The van der Waals surface area contributed by atoms with Gasteiger partial charge in [0.05, 0.1) is 11.4 Å². The number of hydrogen-bond acceptors (Lipinski definition) is 5. The molecule has 2 aliphatic rings. The van der Waals surface area contributed by atoms with E-state index in [0.29, 0.717) is 11.6 Å². The van der Waals surface area contributed by atoms with Gasteiger partial charge in [-0.2, -0.15) is 9.36 Å². The van der Waals surface area contributed by atoms with Gasteiger partial charge in [0.25, 0.3) is 0 Å². The van der Waals surface area contributed by atoms with Gasteiger partial charge < -0.3 is 4.84 Å². The molecule has 1 heterocycles. The summed E-state index contributed by atoms with van der Waals surface area (Å²) in [7, 11) is 1.60. The molecule has 0 amide bonds. The minimum Gasteiger partial charge on any atom is -0.391 e. The first-order valence-corrected chi connectivity index (χ1v) is 11.0. The van der Waals surface area contributed by atoms with Crippen molar-refractivity contribution in [1.29, 1.82) is 0 Å². The Bertz CT molecular complexity index is 1200. The number of fused-ring (bicyclic) bond motifs is 1. The van der Waals surface area contributed by atoms with Gasteiger partial charge in [-0.05, 0) is 84.6 Å². The summed E-state index contributed by atoms with van der Waals surface area (Å²) in [6.45, 7) is 2.29. The number of aryl methyl sites for hydroxylation is 2. The Morgan fingerprint density at radius 3 is 2.71 bits per heavy atom. The Morgan fingerprint density at radius 2 is 1.94 bits per heavy atom. The molecule has 0 aliphatic heterocycles. The van der Waals surface area contributed by atoms with Crippen LogP contribution in [-0.4, -0.2) is 25.5 Å². The van der Waals surface area contributed by atoms with Crippen molar-refractivity contribution in [2.45, 2.75) is 58.0 Å². The lowest BCUT2D eigenvalue weighted by atomic mass is 9.87. The van der Waals surface area contributed by atoms with E-state index in [1.807, 2.05) is 19.1 Å². The molecule has 0 unspecified atom stereocenters. The number of nitrogens with zero attached hydrogens (tertiary/aromatic N) is 5. The molecule has 3 aromatic rings. The standard InChI is InChI=1S/C24H27N5O2/c1-16(19-10-5-8-17-7-3-4-9-20(17)19)25-31-15-22-21(18-13-14-18)11-6-12-23(22)29-24(30)28(2)26-27-29/h5-6,8,10-12,18H,3-4,7,9,13-15H2,1-2H3. The van der Waals surface area contributed by atoms with E-state index in [9.17, 15) is 4.79 Å². The summed E-state index contributed by atoms with van der Waals surface area (Å²) >= 11 is 0. The lowest BCUT2D eigenvalue weighted by Gasteiger charge is -2.19. The van der Waals surface area contributed by atoms with Crippen molar-refractivity contribution in [2.75, 3.05) is 0 Å². The van der Waals surface area contributed by atoms with Gasteiger partial charge in [0.15, 0.2) is 0 Å². The van der Waals surface area contributed by atoms with E-state index < -0.39 is 0 Å². The van der Waals surface area contributed by atoms with E-state index in [2.05, 4.69) is 39.8 Å². The maximum atomic E-state index is 12.5. The maximum Gasteiger partial charge on any atom is 0.368 e. The number of oxime groups is 1. The molecule has 5 rings (SSSR count). The van der Waals surface area contributed by atoms with Crippen LogP contribution in [0.2, 0.25) is 0 Å². The molecule has 0 atom stereocenters. The van der Waals surface area contributed by atoms with E-state index in [4.69, 9.17) is 4.84 Å². The summed E-state index contributed by atoms with van der Waals surface area (Å²) in [6, 6.07) is 12.5. The van der Waals surface area contributed by atoms with Crippen LogP contribution in [0.4, 0.5) is 0 Å². The van der Waals surface area contributed by atoms with Crippen LogP contribution >= 0.6 is 0 Å². The monoisotopic (exact) mass is 417 g/mol. The predicted octanol–water partition coefficient (Wildman–Crippen LogP) is 3.66. The first-order chi connectivity index (χ1) is 15.1. The highest BCUT2D eigenvalue weighted by Gasteiger charge is 2.28. The van der Waals surface area contributed by atoms with Crippen molar-refractivity contribution >= 4 is 5.71 Å². The van der Waals surface area contributed by atoms with Crippen molar-refractivity contribution in [2.24, 2.45) is 12.2 Å². The predicted molar refractivity (Wildman–Crippen MR) is 119 cm³/mol. The molecule has 31 heavy (non-hydrogen) atoms. The molecule has 0 spiro atoms. The molecule has 0 radical (unpaired) electrons. The smallest absolute Gasteiger partial charge is 0.368 e. The molecule has 1 saturated carbocycles. The highest BCUT2D eigenvalue weighted by atomic mass is 16.6. The molecular formula is C24H27N5O2. The molecule has 2 aliphatic carbocycles. The van der Waals surface area contributed by atoms with Crippen LogP contribution < -0.4 is 5.69 Å². The van der Waals surface area contributed by atoms with Crippen molar-refractivity contribution in [1.82, 2.24) is 19.8 Å². The molecule has 0 N–H and O–H groups in total. The summed E-state index contributed by atoms with van der Waals surface area (Å²) in [5, 5.41) is 12.4. The van der Waals surface area contributed by atoms with E-state index >= 15 is 0 Å². The maximum absolute atomic E-state index is 12.5. The van der Waals surface area contributed by atoms with Gasteiger partial charge in [-0.1, -0.05) is 35.5 Å². The van der Waals surface area contributed by atoms with Crippen LogP contribution in [-0.2, 0) is 31.3 Å². The second-order valence-corrected chi connectivity index (χ2v) is 8.52. The van der Waals surface area contributed by atoms with E-state index in [1.165, 1.54) is 44.5 Å². The lowest BCUT2D eigenvalue weighted by molar-refractivity contribution is 0.129. The molecule has 1 fully saturated rings. The molecule has 160 valence electrons. The summed E-state index contributed by atoms with van der Waals surface area (Å²) in [5.74, 6) is 0.511. The van der Waals surface area contributed by atoms with Crippen molar-refractivity contribution < 1.29 is 4.84 Å². The highest BCUT2D eigenvalue weighted by Crippen LogP contribution is 2.43. The zero-order valence-corrected chi connectivity index (χ0v) is 18.0. The highest BCUT2D eigenvalue weighted by molar-refractivity contribution is 6.00. The van der Waals surface area contributed by atoms with Crippen molar-refractivity contribution in [3.8, 4) is 5.69 Å². The van der Waals surface area contributed by atoms with Crippen LogP contribution in [0.1, 0.15) is 66.3 Å². The van der Waals surface area contributed by atoms with E-state index in [-0.39, 0.29) is 12.3 Å². The molecule has 0 saturated heterocycles. The quantitative estimate of drug-likeness (QED) is 0.453. The third-order valence-electron chi connectivity index (χ3n) is 6.35. The summed E-state index contributed by atoms with van der Waals surface area (Å²) in [5.41, 5.74) is 7.51. The second kappa shape index (κ2) is 8.13. The number of tetrazole rings is 1. The van der Waals surface area contributed by atoms with Gasteiger partial charge in [-0.3, -0.25) is 0 Å². The third kappa shape index (κ3) is 3.80. The second-order valence-electron chi connectivity index (χ2n) is 8.52. The molecule has 7 heteroatoms. The van der Waals surface area contributed by atoms with Crippen molar-refractivity contribution in [3.05, 3.63) is 74.7 Å². The lowest BCUT2D eigenvalue weighted by Crippen LogP contribution is -2.23. The van der Waals surface area contributed by atoms with Crippen LogP contribution in [0.25, 0.3) is 5.69 Å². The zero-order valence-electron chi connectivity index (χ0n) is 18.0. The number of aromatic nitrogens is 4. The van der Waals surface area contributed by atoms with Gasteiger partial charge in [0.1, 0.15) is 6.61 Å². The minimum absolute atomic E-state index is 0.273.